The van der Waals surface area contributed by atoms with Crippen LogP contribution in [0.5, 0.6) is 0 Å². The van der Waals surface area contributed by atoms with E-state index in [0.717, 1.165) is 34.6 Å². The van der Waals surface area contributed by atoms with Crippen molar-refractivity contribution in [3.8, 4) is 0 Å². The van der Waals surface area contributed by atoms with Crippen molar-refractivity contribution >= 4 is 31.9 Å². The molecule has 0 aliphatic carbocycles. The number of hydrogen-bond donors (Lipinski definition) is 0. The Hall–Kier alpha value is -1.91. The Morgan fingerprint density at radius 1 is 0.963 bits per heavy atom. The third-order valence-corrected chi connectivity index (χ3v) is 6.81. The summed E-state index contributed by atoms with van der Waals surface area (Å²) in [5.41, 5.74) is 0.243. The number of piperazine rings is 1. The normalized spacial score (nSPS) is 15.8. The molecule has 0 spiro atoms. The third-order valence-electron chi connectivity index (χ3n) is 4.20. The highest BCUT2D eigenvalue weighted by Gasteiger charge is 2.34. The SMILES string of the molecule is O=C(c1ccc(F)cc1Br)N1CCN(S(=O)(=O)c2c(F)cccc2F)CC1. The van der Waals surface area contributed by atoms with Crippen LogP contribution in [0.3, 0.4) is 0 Å². The number of amides is 1. The van der Waals surface area contributed by atoms with Crippen LogP contribution in [0.4, 0.5) is 13.2 Å². The van der Waals surface area contributed by atoms with Gasteiger partial charge in [0.1, 0.15) is 17.5 Å². The molecule has 0 bridgehead atoms. The number of hydrogen-bond acceptors (Lipinski definition) is 3. The number of carbonyl (C=O) groups excluding carboxylic acids is 1. The van der Waals surface area contributed by atoms with Crippen LogP contribution in [0, 0.1) is 17.5 Å². The van der Waals surface area contributed by atoms with Gasteiger partial charge in [0, 0.05) is 30.7 Å². The fourth-order valence-electron chi connectivity index (χ4n) is 2.82. The molecule has 1 aliphatic heterocycles. The molecule has 5 nitrogen and oxygen atoms in total. The van der Waals surface area contributed by atoms with E-state index in [2.05, 4.69) is 15.9 Å². The molecule has 27 heavy (non-hydrogen) atoms. The molecular formula is C17H14BrF3N2O3S. The van der Waals surface area contributed by atoms with Gasteiger partial charge in [0.2, 0.25) is 10.0 Å². The van der Waals surface area contributed by atoms with Crippen LogP contribution in [0.15, 0.2) is 45.8 Å². The lowest BCUT2D eigenvalue weighted by molar-refractivity contribution is 0.0696. The van der Waals surface area contributed by atoms with Gasteiger partial charge in [-0.1, -0.05) is 6.07 Å². The lowest BCUT2D eigenvalue weighted by atomic mass is 10.2. The molecule has 0 saturated carbocycles. The zero-order valence-electron chi connectivity index (χ0n) is 13.8. The molecule has 0 unspecified atom stereocenters. The van der Waals surface area contributed by atoms with E-state index in [-0.39, 0.29) is 36.2 Å². The predicted octanol–water partition coefficient (Wildman–Crippen LogP) is 3.01. The van der Waals surface area contributed by atoms with Crippen molar-refractivity contribution in [2.24, 2.45) is 0 Å². The monoisotopic (exact) mass is 462 g/mol. The summed E-state index contributed by atoms with van der Waals surface area (Å²) in [6.45, 7) is -0.142. The minimum atomic E-state index is -4.36. The Balaban J connectivity index is 1.76. The smallest absolute Gasteiger partial charge is 0.255 e. The van der Waals surface area contributed by atoms with Crippen molar-refractivity contribution in [2.45, 2.75) is 4.90 Å². The second kappa shape index (κ2) is 7.61. The highest BCUT2D eigenvalue weighted by atomic mass is 79.9. The van der Waals surface area contributed by atoms with Gasteiger partial charge in [-0.3, -0.25) is 4.79 Å². The second-order valence-electron chi connectivity index (χ2n) is 5.87. The zero-order valence-corrected chi connectivity index (χ0v) is 16.2. The maximum absolute atomic E-state index is 13.9. The van der Waals surface area contributed by atoms with E-state index in [9.17, 15) is 26.4 Å². The highest BCUT2D eigenvalue weighted by Crippen LogP contribution is 2.25. The van der Waals surface area contributed by atoms with E-state index in [4.69, 9.17) is 0 Å². The first-order valence-corrected chi connectivity index (χ1v) is 10.1. The summed E-state index contributed by atoms with van der Waals surface area (Å²) in [6, 6.07) is 6.48. The van der Waals surface area contributed by atoms with Crippen LogP contribution < -0.4 is 0 Å². The van der Waals surface area contributed by atoms with Crippen LogP contribution in [-0.4, -0.2) is 49.7 Å². The van der Waals surface area contributed by atoms with Gasteiger partial charge in [-0.15, -0.1) is 0 Å². The zero-order chi connectivity index (χ0) is 19.8. The molecule has 1 aliphatic rings. The van der Waals surface area contributed by atoms with E-state index in [0.29, 0.717) is 0 Å². The quantitative estimate of drug-likeness (QED) is 0.704. The van der Waals surface area contributed by atoms with E-state index in [1.165, 1.54) is 11.0 Å². The molecule has 0 aromatic heterocycles. The number of halogens is 4. The molecule has 0 atom stereocenters. The fraction of sp³-hybridized carbons (Fsp3) is 0.235. The summed E-state index contributed by atoms with van der Waals surface area (Å²) < 4.78 is 67.2. The molecule has 1 saturated heterocycles. The molecule has 144 valence electrons. The van der Waals surface area contributed by atoms with Crippen LogP contribution in [0.2, 0.25) is 0 Å². The standard InChI is InChI=1S/C17H14BrF3N2O3S/c18-13-10-11(19)4-5-12(13)17(24)22-6-8-23(9-7-22)27(25,26)16-14(20)2-1-3-15(16)21/h1-5,10H,6-9H2. The first-order valence-electron chi connectivity index (χ1n) is 7.90. The fourth-order valence-corrected chi connectivity index (χ4v) is 4.87. The number of benzene rings is 2. The Kier molecular flexibility index (Phi) is 5.59. The van der Waals surface area contributed by atoms with Gasteiger partial charge in [-0.25, -0.2) is 21.6 Å². The lowest BCUT2D eigenvalue weighted by Crippen LogP contribution is -2.50. The molecule has 2 aromatic carbocycles. The van der Waals surface area contributed by atoms with Crippen molar-refractivity contribution in [3.63, 3.8) is 0 Å². The van der Waals surface area contributed by atoms with E-state index in [1.807, 2.05) is 0 Å². The molecule has 0 radical (unpaired) electrons. The first kappa shape index (κ1) is 19.8. The maximum atomic E-state index is 13.9. The second-order valence-corrected chi connectivity index (χ2v) is 8.60. The highest BCUT2D eigenvalue weighted by molar-refractivity contribution is 9.10. The molecule has 1 heterocycles. The van der Waals surface area contributed by atoms with Crippen molar-refractivity contribution in [2.75, 3.05) is 26.2 Å². The number of nitrogens with zero attached hydrogens (tertiary/aromatic N) is 2. The van der Waals surface area contributed by atoms with E-state index in [1.54, 1.807) is 0 Å². The van der Waals surface area contributed by atoms with Crippen LogP contribution in [-0.2, 0) is 10.0 Å². The average molecular weight is 463 g/mol. The summed E-state index contributed by atoms with van der Waals surface area (Å²) >= 11 is 3.13. The summed E-state index contributed by atoms with van der Waals surface area (Å²) in [7, 11) is -4.36. The Labute approximate surface area is 162 Å². The molecule has 0 N–H and O–H groups in total. The van der Waals surface area contributed by atoms with Gasteiger partial charge in [0.15, 0.2) is 4.90 Å². The Bertz CT molecular complexity index is 973. The van der Waals surface area contributed by atoms with Crippen molar-refractivity contribution < 1.29 is 26.4 Å². The topological polar surface area (TPSA) is 57.7 Å². The molecular weight excluding hydrogens is 449 g/mol. The molecule has 10 heteroatoms. The molecule has 1 amide bonds. The summed E-state index contributed by atoms with van der Waals surface area (Å²) in [4.78, 5) is 13.0. The minimum absolute atomic E-state index is 0.0396. The van der Waals surface area contributed by atoms with Gasteiger partial charge in [0.05, 0.1) is 5.56 Å². The molecule has 3 rings (SSSR count). The lowest BCUT2D eigenvalue weighted by Gasteiger charge is -2.34. The third kappa shape index (κ3) is 3.87. The van der Waals surface area contributed by atoms with Gasteiger partial charge in [-0.2, -0.15) is 4.31 Å². The largest absolute Gasteiger partial charge is 0.336 e. The summed E-state index contributed by atoms with van der Waals surface area (Å²) in [5, 5.41) is 0. The van der Waals surface area contributed by atoms with Crippen LogP contribution >= 0.6 is 15.9 Å². The van der Waals surface area contributed by atoms with Crippen molar-refractivity contribution in [1.29, 1.82) is 0 Å². The Morgan fingerprint density at radius 3 is 2.11 bits per heavy atom. The van der Waals surface area contributed by atoms with E-state index >= 15 is 0 Å². The van der Waals surface area contributed by atoms with Gasteiger partial charge < -0.3 is 4.90 Å². The molecule has 2 aromatic rings. The van der Waals surface area contributed by atoms with Crippen molar-refractivity contribution in [1.82, 2.24) is 9.21 Å². The minimum Gasteiger partial charge on any atom is -0.336 e. The number of carbonyl (C=O) groups is 1. The van der Waals surface area contributed by atoms with Gasteiger partial charge >= 0.3 is 0 Å². The Morgan fingerprint density at radius 2 is 1.56 bits per heavy atom. The maximum Gasteiger partial charge on any atom is 0.255 e. The van der Waals surface area contributed by atoms with Gasteiger partial charge in [0.25, 0.3) is 5.91 Å². The van der Waals surface area contributed by atoms with Crippen molar-refractivity contribution in [3.05, 3.63) is 63.9 Å². The predicted molar refractivity (Wildman–Crippen MR) is 95.1 cm³/mol. The number of sulfonamides is 1. The first-order chi connectivity index (χ1) is 12.7. The number of rotatable bonds is 3. The summed E-state index contributed by atoms with van der Waals surface area (Å²) in [6.07, 6.45) is 0. The average Bonchev–Trinajstić information content (AvgIpc) is 2.61. The van der Waals surface area contributed by atoms with Crippen LogP contribution in [0.1, 0.15) is 10.4 Å². The van der Waals surface area contributed by atoms with Crippen LogP contribution in [0.25, 0.3) is 0 Å². The van der Waals surface area contributed by atoms with Gasteiger partial charge in [-0.05, 0) is 46.3 Å². The summed E-state index contributed by atoms with van der Waals surface area (Å²) in [5.74, 6) is -3.22. The van der Waals surface area contributed by atoms with E-state index < -0.39 is 38.3 Å². The molecule has 1 fully saturated rings.